The highest BCUT2D eigenvalue weighted by atomic mass is 16.1. The molecule has 0 aliphatic heterocycles. The van der Waals surface area contributed by atoms with Crippen LogP contribution in [-0.2, 0) is 24.7 Å². The van der Waals surface area contributed by atoms with Crippen molar-refractivity contribution >= 4 is 16.8 Å². The Morgan fingerprint density at radius 1 is 1.33 bits per heavy atom. The van der Waals surface area contributed by atoms with Gasteiger partial charge in [0.1, 0.15) is 11.6 Å². The van der Waals surface area contributed by atoms with Crippen LogP contribution in [0.15, 0.2) is 18.2 Å². The minimum atomic E-state index is 0.239. The summed E-state index contributed by atoms with van der Waals surface area (Å²) in [7, 11) is 2.07. The molecule has 96 valence electrons. The largest absolute Gasteiger partial charge is 0.331 e. The first kappa shape index (κ1) is 12.8. The highest BCUT2D eigenvalue weighted by molar-refractivity contribution is 5.78. The van der Waals surface area contributed by atoms with Gasteiger partial charge in [0.05, 0.1) is 11.0 Å². The van der Waals surface area contributed by atoms with Crippen LogP contribution in [0.25, 0.3) is 11.0 Å². The summed E-state index contributed by atoms with van der Waals surface area (Å²) in [5.74, 6) is 1.37. The number of ketones is 1. The van der Waals surface area contributed by atoms with Crippen molar-refractivity contribution in [2.75, 3.05) is 0 Å². The minimum Gasteiger partial charge on any atom is -0.331 e. The summed E-state index contributed by atoms with van der Waals surface area (Å²) in [4.78, 5) is 15.7. The molecule has 0 aliphatic rings. The molecule has 2 aromatic rings. The third kappa shape index (κ3) is 2.61. The summed E-state index contributed by atoms with van der Waals surface area (Å²) in [6.07, 6.45) is 3.54. The van der Waals surface area contributed by atoms with Crippen LogP contribution in [0.5, 0.6) is 0 Å². The second kappa shape index (κ2) is 5.34. The van der Waals surface area contributed by atoms with E-state index in [1.54, 1.807) is 6.92 Å². The third-order valence-corrected chi connectivity index (χ3v) is 3.28. The molecule has 3 heteroatoms. The molecule has 0 bridgehead atoms. The fraction of sp³-hybridized carbons (Fsp3) is 0.467. The molecule has 1 heterocycles. The van der Waals surface area contributed by atoms with Crippen molar-refractivity contribution in [3.05, 3.63) is 29.6 Å². The first-order valence-corrected chi connectivity index (χ1v) is 6.55. The summed E-state index contributed by atoms with van der Waals surface area (Å²) in [5, 5.41) is 0. The molecule has 0 unspecified atom stereocenters. The number of hydrogen-bond donors (Lipinski definition) is 0. The average molecular weight is 244 g/mol. The summed E-state index contributed by atoms with van der Waals surface area (Å²) in [5.41, 5.74) is 3.41. The lowest BCUT2D eigenvalue weighted by atomic mass is 10.1. The van der Waals surface area contributed by atoms with Crippen LogP contribution < -0.4 is 0 Å². The molecule has 0 aliphatic carbocycles. The van der Waals surface area contributed by atoms with Gasteiger partial charge in [-0.1, -0.05) is 13.0 Å². The van der Waals surface area contributed by atoms with E-state index < -0.39 is 0 Å². The lowest BCUT2D eigenvalue weighted by Gasteiger charge is -2.01. The standard InChI is InChI=1S/C15H20N2O/c1-4-5-15-16-13-10-12(7-6-11(2)18)8-9-14(13)17(15)3/h8-10H,4-7H2,1-3H3. The van der Waals surface area contributed by atoms with Gasteiger partial charge < -0.3 is 9.36 Å². The summed E-state index contributed by atoms with van der Waals surface area (Å²) < 4.78 is 2.16. The van der Waals surface area contributed by atoms with Gasteiger partial charge in [0.2, 0.25) is 0 Å². The number of imidazole rings is 1. The average Bonchev–Trinajstić information content (AvgIpc) is 2.64. The molecule has 0 saturated heterocycles. The molecule has 0 spiro atoms. The molecular formula is C15H20N2O. The van der Waals surface area contributed by atoms with Gasteiger partial charge in [-0.3, -0.25) is 0 Å². The molecule has 0 fully saturated rings. The Bertz CT molecular complexity index is 569. The van der Waals surface area contributed by atoms with Crippen LogP contribution in [0.1, 0.15) is 38.1 Å². The smallest absolute Gasteiger partial charge is 0.130 e. The van der Waals surface area contributed by atoms with Crippen molar-refractivity contribution in [2.45, 2.75) is 39.5 Å². The number of hydrogen-bond acceptors (Lipinski definition) is 2. The Kier molecular flexibility index (Phi) is 3.80. The van der Waals surface area contributed by atoms with E-state index in [4.69, 9.17) is 0 Å². The number of fused-ring (bicyclic) bond motifs is 1. The number of rotatable bonds is 5. The molecule has 0 atom stereocenters. The van der Waals surface area contributed by atoms with Crippen LogP contribution in [0.2, 0.25) is 0 Å². The Hall–Kier alpha value is -1.64. The number of benzene rings is 1. The number of nitrogens with zero attached hydrogens (tertiary/aromatic N) is 2. The number of aromatic nitrogens is 2. The van der Waals surface area contributed by atoms with E-state index >= 15 is 0 Å². The van der Waals surface area contributed by atoms with E-state index in [9.17, 15) is 4.79 Å². The van der Waals surface area contributed by atoms with E-state index in [1.165, 1.54) is 11.1 Å². The maximum absolute atomic E-state index is 11.0. The van der Waals surface area contributed by atoms with E-state index in [0.29, 0.717) is 6.42 Å². The molecule has 0 amide bonds. The van der Waals surface area contributed by atoms with Gasteiger partial charge in [-0.25, -0.2) is 4.98 Å². The highest BCUT2D eigenvalue weighted by Gasteiger charge is 2.07. The van der Waals surface area contributed by atoms with Gasteiger partial charge in [-0.05, 0) is 37.5 Å². The van der Waals surface area contributed by atoms with Crippen molar-refractivity contribution in [2.24, 2.45) is 7.05 Å². The fourth-order valence-corrected chi connectivity index (χ4v) is 2.22. The van der Waals surface area contributed by atoms with Crippen molar-refractivity contribution in [3.63, 3.8) is 0 Å². The molecule has 3 nitrogen and oxygen atoms in total. The Balaban J connectivity index is 2.30. The van der Waals surface area contributed by atoms with Crippen LogP contribution in [-0.4, -0.2) is 15.3 Å². The number of carbonyl (C=O) groups excluding carboxylic acids is 1. The lowest BCUT2D eigenvalue weighted by Crippen LogP contribution is -1.96. The van der Waals surface area contributed by atoms with Gasteiger partial charge >= 0.3 is 0 Å². The first-order chi connectivity index (χ1) is 8.61. The number of aryl methyl sites for hydroxylation is 3. The van der Waals surface area contributed by atoms with Crippen LogP contribution in [0.3, 0.4) is 0 Å². The minimum absolute atomic E-state index is 0.239. The summed E-state index contributed by atoms with van der Waals surface area (Å²) in [6.45, 7) is 3.80. The van der Waals surface area contributed by atoms with Crippen LogP contribution in [0.4, 0.5) is 0 Å². The van der Waals surface area contributed by atoms with E-state index in [2.05, 4.69) is 41.7 Å². The van der Waals surface area contributed by atoms with Crippen molar-refractivity contribution in [1.82, 2.24) is 9.55 Å². The fourth-order valence-electron chi connectivity index (χ4n) is 2.22. The number of Topliss-reactive ketones (excluding diaryl/α,β-unsaturated/α-hetero) is 1. The van der Waals surface area contributed by atoms with Gasteiger partial charge in [0.15, 0.2) is 0 Å². The highest BCUT2D eigenvalue weighted by Crippen LogP contribution is 2.18. The topological polar surface area (TPSA) is 34.9 Å². The monoisotopic (exact) mass is 244 g/mol. The molecule has 1 aromatic heterocycles. The van der Waals surface area contributed by atoms with Crippen molar-refractivity contribution < 1.29 is 4.79 Å². The molecule has 0 saturated carbocycles. The maximum Gasteiger partial charge on any atom is 0.130 e. The van der Waals surface area contributed by atoms with Crippen molar-refractivity contribution in [3.8, 4) is 0 Å². The second-order valence-corrected chi connectivity index (χ2v) is 4.86. The molecule has 1 aromatic carbocycles. The predicted octanol–water partition coefficient (Wildman–Crippen LogP) is 3.05. The zero-order valence-corrected chi connectivity index (χ0v) is 11.4. The Morgan fingerprint density at radius 3 is 2.78 bits per heavy atom. The molecule has 0 radical (unpaired) electrons. The maximum atomic E-state index is 11.0. The molecular weight excluding hydrogens is 224 g/mol. The van der Waals surface area contributed by atoms with E-state index in [-0.39, 0.29) is 5.78 Å². The zero-order chi connectivity index (χ0) is 13.1. The summed E-state index contributed by atoms with van der Waals surface area (Å²) in [6, 6.07) is 6.32. The van der Waals surface area contributed by atoms with Gasteiger partial charge in [-0.2, -0.15) is 0 Å². The quantitative estimate of drug-likeness (QED) is 0.810. The van der Waals surface area contributed by atoms with Gasteiger partial charge in [-0.15, -0.1) is 0 Å². The third-order valence-electron chi connectivity index (χ3n) is 3.28. The lowest BCUT2D eigenvalue weighted by molar-refractivity contribution is -0.116. The van der Waals surface area contributed by atoms with Crippen molar-refractivity contribution in [1.29, 1.82) is 0 Å². The van der Waals surface area contributed by atoms with Gasteiger partial charge in [0.25, 0.3) is 0 Å². The van der Waals surface area contributed by atoms with E-state index in [0.717, 1.165) is 30.6 Å². The zero-order valence-electron chi connectivity index (χ0n) is 11.4. The van der Waals surface area contributed by atoms with E-state index in [1.807, 2.05) is 0 Å². The molecule has 2 rings (SSSR count). The normalized spacial score (nSPS) is 11.1. The van der Waals surface area contributed by atoms with Gasteiger partial charge in [0, 0.05) is 19.9 Å². The first-order valence-electron chi connectivity index (χ1n) is 6.55. The predicted molar refractivity (Wildman–Crippen MR) is 73.7 cm³/mol. The number of carbonyl (C=O) groups is 1. The summed E-state index contributed by atoms with van der Waals surface area (Å²) >= 11 is 0. The second-order valence-electron chi connectivity index (χ2n) is 4.86. The Morgan fingerprint density at radius 2 is 2.11 bits per heavy atom. The van der Waals surface area contributed by atoms with Crippen LogP contribution >= 0.6 is 0 Å². The molecule has 18 heavy (non-hydrogen) atoms. The SMILES string of the molecule is CCCc1nc2cc(CCC(C)=O)ccc2n1C. The Labute approximate surface area is 108 Å². The van der Waals surface area contributed by atoms with Crippen LogP contribution in [0, 0.1) is 0 Å². The molecule has 0 N–H and O–H groups in total.